The lowest BCUT2D eigenvalue weighted by Crippen LogP contribution is -2.30. The molecule has 1 aliphatic rings. The maximum atomic E-state index is 12.6. The number of ether oxygens (including phenoxy) is 1. The van der Waals surface area contributed by atoms with Crippen LogP contribution in [0.15, 0.2) is 29.6 Å². The summed E-state index contributed by atoms with van der Waals surface area (Å²) in [6.07, 6.45) is 2.05. The molecular formula is C19H25N3O2S. The zero-order chi connectivity index (χ0) is 17.6. The van der Waals surface area contributed by atoms with E-state index in [1.165, 1.54) is 11.3 Å². The minimum absolute atomic E-state index is 0.0454. The van der Waals surface area contributed by atoms with E-state index in [2.05, 4.69) is 17.2 Å². The molecule has 0 bridgehead atoms. The average molecular weight is 359 g/mol. The van der Waals surface area contributed by atoms with E-state index in [0.29, 0.717) is 11.6 Å². The molecule has 0 spiro atoms. The molecule has 1 aromatic heterocycles. The number of hydrogen-bond donors (Lipinski definition) is 1. The van der Waals surface area contributed by atoms with Gasteiger partial charge < -0.3 is 15.0 Å². The van der Waals surface area contributed by atoms with Gasteiger partial charge in [0.25, 0.3) is 5.91 Å². The fourth-order valence-electron chi connectivity index (χ4n) is 3.05. The number of carbonyl (C=O) groups excluding carboxylic acids is 1. The van der Waals surface area contributed by atoms with E-state index in [1.54, 1.807) is 0 Å². The van der Waals surface area contributed by atoms with Crippen LogP contribution in [0.3, 0.4) is 0 Å². The van der Waals surface area contributed by atoms with Crippen molar-refractivity contribution in [3.05, 3.63) is 35.3 Å². The van der Waals surface area contributed by atoms with Crippen LogP contribution in [0.25, 0.3) is 10.6 Å². The molecule has 134 valence electrons. The third-order valence-corrected chi connectivity index (χ3v) is 5.25. The number of carbonyl (C=O) groups is 1. The van der Waals surface area contributed by atoms with Crippen LogP contribution in [0.1, 0.15) is 30.3 Å². The average Bonchev–Trinajstić information content (AvgIpc) is 3.30. The first-order chi connectivity index (χ1) is 12.2. The Labute approximate surface area is 153 Å². The first-order valence-corrected chi connectivity index (χ1v) is 9.72. The Bertz CT molecular complexity index is 699. The second-order valence-corrected chi connectivity index (χ2v) is 7.23. The maximum absolute atomic E-state index is 12.6. The van der Waals surface area contributed by atoms with Crippen LogP contribution < -0.4 is 10.1 Å². The van der Waals surface area contributed by atoms with Crippen molar-refractivity contribution in [2.24, 2.45) is 5.92 Å². The standard InChI is InChI=1S/C19H25N3O2S/c1-3-10-24-16-6-4-15(5-7-16)18-21-17(13-25-18)19(23)22-9-8-14(12-22)11-20-2/h4-7,13-14,20H,3,8-12H2,1-2H3. The Balaban J connectivity index is 1.65. The van der Waals surface area contributed by atoms with Gasteiger partial charge in [-0.3, -0.25) is 4.79 Å². The van der Waals surface area contributed by atoms with Gasteiger partial charge in [0.2, 0.25) is 0 Å². The first kappa shape index (κ1) is 17.9. The van der Waals surface area contributed by atoms with E-state index >= 15 is 0 Å². The Morgan fingerprint density at radius 3 is 2.92 bits per heavy atom. The van der Waals surface area contributed by atoms with Crippen LogP contribution in [0.4, 0.5) is 0 Å². The minimum Gasteiger partial charge on any atom is -0.494 e. The third-order valence-electron chi connectivity index (χ3n) is 4.36. The largest absolute Gasteiger partial charge is 0.494 e. The van der Waals surface area contributed by atoms with Gasteiger partial charge in [-0.1, -0.05) is 6.92 Å². The van der Waals surface area contributed by atoms with Gasteiger partial charge in [0.1, 0.15) is 16.5 Å². The summed E-state index contributed by atoms with van der Waals surface area (Å²) in [6.45, 7) is 5.40. The fourth-order valence-corrected chi connectivity index (χ4v) is 3.85. The number of rotatable bonds is 7. The van der Waals surface area contributed by atoms with Gasteiger partial charge in [-0.2, -0.15) is 0 Å². The van der Waals surface area contributed by atoms with Gasteiger partial charge in [0.05, 0.1) is 6.61 Å². The van der Waals surface area contributed by atoms with Crippen LogP contribution in [-0.2, 0) is 0 Å². The summed E-state index contributed by atoms with van der Waals surface area (Å²) in [5, 5.41) is 5.93. The molecule has 1 amide bonds. The van der Waals surface area contributed by atoms with Crippen molar-refractivity contribution in [3.8, 4) is 16.3 Å². The summed E-state index contributed by atoms with van der Waals surface area (Å²) in [7, 11) is 1.95. The SMILES string of the molecule is CCCOc1ccc(-c2nc(C(=O)N3CCC(CNC)C3)cs2)cc1. The van der Waals surface area contributed by atoms with Crippen molar-refractivity contribution in [2.45, 2.75) is 19.8 Å². The van der Waals surface area contributed by atoms with Crippen LogP contribution in [0.2, 0.25) is 0 Å². The van der Waals surface area contributed by atoms with Gasteiger partial charge >= 0.3 is 0 Å². The number of benzene rings is 1. The molecule has 5 nitrogen and oxygen atoms in total. The molecule has 0 radical (unpaired) electrons. The van der Waals surface area contributed by atoms with Crippen molar-refractivity contribution < 1.29 is 9.53 Å². The van der Waals surface area contributed by atoms with Gasteiger partial charge in [-0.05, 0) is 56.6 Å². The molecular weight excluding hydrogens is 334 g/mol. The van der Waals surface area contributed by atoms with Gasteiger partial charge in [0, 0.05) is 24.0 Å². The highest BCUT2D eigenvalue weighted by Gasteiger charge is 2.27. The predicted molar refractivity (Wildman–Crippen MR) is 101 cm³/mol. The molecule has 2 aromatic rings. The van der Waals surface area contributed by atoms with Crippen molar-refractivity contribution in [1.29, 1.82) is 0 Å². The van der Waals surface area contributed by atoms with E-state index in [4.69, 9.17) is 4.74 Å². The van der Waals surface area contributed by atoms with Gasteiger partial charge in [-0.25, -0.2) is 4.98 Å². The number of thiazole rings is 1. The molecule has 1 aliphatic heterocycles. The molecule has 0 saturated carbocycles. The summed E-state index contributed by atoms with van der Waals surface area (Å²) in [6, 6.07) is 7.90. The number of aromatic nitrogens is 1. The Hall–Kier alpha value is -1.92. The second kappa shape index (κ2) is 8.45. The summed E-state index contributed by atoms with van der Waals surface area (Å²) >= 11 is 1.51. The molecule has 3 rings (SSSR count). The monoisotopic (exact) mass is 359 g/mol. The Kier molecular flexibility index (Phi) is 6.04. The van der Waals surface area contributed by atoms with E-state index < -0.39 is 0 Å². The molecule has 1 unspecified atom stereocenters. The summed E-state index contributed by atoms with van der Waals surface area (Å²) in [5.41, 5.74) is 1.57. The first-order valence-electron chi connectivity index (χ1n) is 8.84. The number of hydrogen-bond acceptors (Lipinski definition) is 5. The molecule has 1 saturated heterocycles. The summed E-state index contributed by atoms with van der Waals surface area (Å²) < 4.78 is 5.60. The summed E-state index contributed by atoms with van der Waals surface area (Å²) in [5.74, 6) is 1.46. The van der Waals surface area contributed by atoms with Crippen molar-refractivity contribution in [2.75, 3.05) is 33.3 Å². The lowest BCUT2D eigenvalue weighted by atomic mass is 10.1. The normalized spacial score (nSPS) is 17.0. The second-order valence-electron chi connectivity index (χ2n) is 6.37. The molecule has 25 heavy (non-hydrogen) atoms. The van der Waals surface area contributed by atoms with Crippen LogP contribution >= 0.6 is 11.3 Å². The molecule has 1 fully saturated rings. The molecule has 1 aromatic carbocycles. The highest BCUT2D eigenvalue weighted by molar-refractivity contribution is 7.13. The lowest BCUT2D eigenvalue weighted by Gasteiger charge is -2.15. The minimum atomic E-state index is 0.0454. The van der Waals surface area contributed by atoms with Gasteiger partial charge in [-0.15, -0.1) is 11.3 Å². The zero-order valence-corrected chi connectivity index (χ0v) is 15.6. The molecule has 6 heteroatoms. The molecule has 2 heterocycles. The quantitative estimate of drug-likeness (QED) is 0.824. The molecule has 0 aliphatic carbocycles. The van der Waals surface area contributed by atoms with Crippen LogP contribution in [0.5, 0.6) is 5.75 Å². The highest BCUT2D eigenvalue weighted by atomic mass is 32.1. The fraction of sp³-hybridized carbons (Fsp3) is 0.474. The van der Waals surface area contributed by atoms with Crippen LogP contribution in [-0.4, -0.2) is 49.1 Å². The van der Waals surface area contributed by atoms with Crippen molar-refractivity contribution in [3.63, 3.8) is 0 Å². The number of nitrogens with zero attached hydrogens (tertiary/aromatic N) is 2. The van der Waals surface area contributed by atoms with E-state index in [-0.39, 0.29) is 5.91 Å². The Morgan fingerprint density at radius 1 is 1.40 bits per heavy atom. The number of amides is 1. The van der Waals surface area contributed by atoms with E-state index in [1.807, 2.05) is 41.6 Å². The van der Waals surface area contributed by atoms with E-state index in [9.17, 15) is 4.79 Å². The van der Waals surface area contributed by atoms with Gasteiger partial charge in [0.15, 0.2) is 0 Å². The third kappa shape index (κ3) is 4.38. The van der Waals surface area contributed by atoms with Crippen LogP contribution in [0, 0.1) is 5.92 Å². The lowest BCUT2D eigenvalue weighted by molar-refractivity contribution is 0.0782. The Morgan fingerprint density at radius 2 is 2.20 bits per heavy atom. The van der Waals surface area contributed by atoms with E-state index in [0.717, 1.165) is 55.4 Å². The van der Waals surface area contributed by atoms with Crippen molar-refractivity contribution >= 4 is 17.2 Å². The van der Waals surface area contributed by atoms with Crippen molar-refractivity contribution in [1.82, 2.24) is 15.2 Å². The highest BCUT2D eigenvalue weighted by Crippen LogP contribution is 2.27. The molecule has 1 atom stereocenters. The predicted octanol–water partition coefficient (Wildman–Crippen LogP) is 3.28. The zero-order valence-electron chi connectivity index (χ0n) is 14.8. The summed E-state index contributed by atoms with van der Waals surface area (Å²) in [4.78, 5) is 19.1. The number of nitrogens with one attached hydrogen (secondary N) is 1. The number of likely N-dealkylation sites (tertiary alicyclic amines) is 1. The smallest absolute Gasteiger partial charge is 0.273 e. The topological polar surface area (TPSA) is 54.5 Å². The maximum Gasteiger partial charge on any atom is 0.273 e. The molecule has 1 N–H and O–H groups in total.